The van der Waals surface area contributed by atoms with Gasteiger partial charge in [-0.3, -0.25) is 14.9 Å². The highest BCUT2D eigenvalue weighted by Gasteiger charge is 2.16. The van der Waals surface area contributed by atoms with E-state index in [-0.39, 0.29) is 11.1 Å². The number of ether oxygens (including phenoxy) is 1. The molecule has 2 rings (SSSR count). The predicted molar refractivity (Wildman–Crippen MR) is 75.7 cm³/mol. The van der Waals surface area contributed by atoms with Crippen LogP contribution in [0.2, 0.25) is 0 Å². The number of nitrogens with one attached hydrogen (secondary N) is 1. The van der Waals surface area contributed by atoms with E-state index >= 15 is 0 Å². The van der Waals surface area contributed by atoms with Gasteiger partial charge in [0.25, 0.3) is 11.8 Å². The number of carbonyl (C=O) groups is 2. The Balaban J connectivity index is 2.12. The molecule has 8 nitrogen and oxygen atoms in total. The molecule has 112 valence electrons. The van der Waals surface area contributed by atoms with Crippen LogP contribution in [-0.2, 0) is 0 Å². The van der Waals surface area contributed by atoms with Gasteiger partial charge in [-0.2, -0.15) is 0 Å². The van der Waals surface area contributed by atoms with Crippen molar-refractivity contribution in [3.63, 3.8) is 0 Å². The third-order valence-corrected chi connectivity index (χ3v) is 2.77. The number of benzene rings is 1. The molecule has 8 heteroatoms. The Morgan fingerprint density at radius 3 is 2.36 bits per heavy atom. The fraction of sp³-hybridized carbons (Fsp3) is 0.0714. The first-order chi connectivity index (χ1) is 10.5. The maximum atomic E-state index is 11.9. The number of nitrogens with zero attached hydrogens (tertiary/aromatic N) is 2. The van der Waals surface area contributed by atoms with E-state index < -0.39 is 22.6 Å². The molecule has 0 radical (unpaired) electrons. The van der Waals surface area contributed by atoms with E-state index in [1.165, 1.54) is 25.3 Å². The van der Waals surface area contributed by atoms with Crippen LogP contribution in [0.25, 0.3) is 0 Å². The molecular weight excluding hydrogens is 290 g/mol. The zero-order valence-electron chi connectivity index (χ0n) is 11.5. The molecule has 1 aromatic carbocycles. The lowest BCUT2D eigenvalue weighted by molar-refractivity contribution is -0.389. The largest absolute Gasteiger partial charge is 0.497 e. The van der Waals surface area contributed by atoms with E-state index in [1.807, 2.05) is 0 Å². The molecule has 0 unspecified atom stereocenters. The van der Waals surface area contributed by atoms with Crippen molar-refractivity contribution in [1.29, 1.82) is 0 Å². The number of hydrogen-bond acceptors (Lipinski definition) is 6. The molecule has 22 heavy (non-hydrogen) atoms. The summed E-state index contributed by atoms with van der Waals surface area (Å²) in [6, 6.07) is 8.43. The van der Waals surface area contributed by atoms with Crippen LogP contribution < -0.4 is 10.1 Å². The van der Waals surface area contributed by atoms with Crippen LogP contribution in [0.3, 0.4) is 0 Å². The van der Waals surface area contributed by atoms with Gasteiger partial charge >= 0.3 is 5.82 Å². The maximum Gasteiger partial charge on any atom is 0.364 e. The number of methoxy groups -OCH3 is 1. The topological polar surface area (TPSA) is 111 Å². The Bertz CT molecular complexity index is 728. The summed E-state index contributed by atoms with van der Waals surface area (Å²) in [5, 5.41) is 12.8. The smallest absolute Gasteiger partial charge is 0.364 e. The molecule has 1 aromatic heterocycles. The molecule has 0 saturated carbocycles. The number of imide groups is 1. The quantitative estimate of drug-likeness (QED) is 0.521. The molecule has 0 aliphatic rings. The van der Waals surface area contributed by atoms with Crippen LogP contribution >= 0.6 is 0 Å². The number of amides is 2. The molecule has 2 aromatic rings. The van der Waals surface area contributed by atoms with Crippen molar-refractivity contribution in [2.24, 2.45) is 0 Å². The summed E-state index contributed by atoms with van der Waals surface area (Å²) in [6.07, 6.45) is 1.13. The lowest BCUT2D eigenvalue weighted by atomic mass is 10.2. The Labute approximate surface area is 124 Å². The van der Waals surface area contributed by atoms with Gasteiger partial charge in [0.15, 0.2) is 0 Å². The van der Waals surface area contributed by atoms with E-state index in [1.54, 1.807) is 12.1 Å². The van der Waals surface area contributed by atoms with Gasteiger partial charge in [0.05, 0.1) is 12.7 Å². The van der Waals surface area contributed by atoms with Gasteiger partial charge < -0.3 is 14.9 Å². The van der Waals surface area contributed by atoms with E-state index in [2.05, 4.69) is 10.3 Å². The number of carbonyl (C=O) groups excluding carboxylic acids is 2. The number of aromatic nitrogens is 1. The first kappa shape index (κ1) is 15.1. The third-order valence-electron chi connectivity index (χ3n) is 2.77. The van der Waals surface area contributed by atoms with Crippen molar-refractivity contribution in [2.45, 2.75) is 0 Å². The van der Waals surface area contributed by atoms with Crippen molar-refractivity contribution >= 4 is 17.6 Å². The van der Waals surface area contributed by atoms with Crippen LogP contribution in [0.4, 0.5) is 5.82 Å². The zero-order chi connectivity index (χ0) is 16.1. The highest BCUT2D eigenvalue weighted by atomic mass is 16.6. The SMILES string of the molecule is COc1ccc(C(=O)NC(=O)c2ccnc([N+](=O)[O-])c2)cc1. The minimum Gasteiger partial charge on any atom is -0.497 e. The maximum absolute atomic E-state index is 11.9. The van der Waals surface area contributed by atoms with Crippen LogP contribution in [0.5, 0.6) is 5.75 Å². The Morgan fingerprint density at radius 1 is 1.14 bits per heavy atom. The van der Waals surface area contributed by atoms with E-state index in [9.17, 15) is 19.7 Å². The van der Waals surface area contributed by atoms with Crippen molar-refractivity contribution in [2.75, 3.05) is 7.11 Å². The summed E-state index contributed by atoms with van der Waals surface area (Å²) in [4.78, 5) is 37.2. The molecule has 0 spiro atoms. The molecule has 0 atom stereocenters. The minimum absolute atomic E-state index is 0.0245. The molecular formula is C14H11N3O5. The van der Waals surface area contributed by atoms with Gasteiger partial charge in [0.2, 0.25) is 0 Å². The summed E-state index contributed by atoms with van der Waals surface area (Å²) >= 11 is 0. The second-order valence-corrected chi connectivity index (χ2v) is 4.17. The molecule has 0 aliphatic carbocycles. The van der Waals surface area contributed by atoms with Gasteiger partial charge in [-0.05, 0) is 40.2 Å². The van der Waals surface area contributed by atoms with Crippen molar-refractivity contribution in [3.05, 3.63) is 63.8 Å². The summed E-state index contributed by atoms with van der Waals surface area (Å²) in [7, 11) is 1.49. The first-order valence-electron chi connectivity index (χ1n) is 6.11. The van der Waals surface area contributed by atoms with Crippen LogP contribution in [0.1, 0.15) is 20.7 Å². The van der Waals surface area contributed by atoms with Gasteiger partial charge in [-0.15, -0.1) is 0 Å². The number of nitro groups is 1. The van der Waals surface area contributed by atoms with E-state index in [4.69, 9.17) is 4.74 Å². The summed E-state index contributed by atoms with van der Waals surface area (Å²) in [5.74, 6) is -1.25. The lowest BCUT2D eigenvalue weighted by Crippen LogP contribution is -2.30. The van der Waals surface area contributed by atoms with E-state index in [0.29, 0.717) is 5.75 Å². The van der Waals surface area contributed by atoms with Crippen LogP contribution in [0.15, 0.2) is 42.6 Å². The summed E-state index contributed by atoms with van der Waals surface area (Å²) in [6.45, 7) is 0. The normalized spacial score (nSPS) is 9.86. The lowest BCUT2D eigenvalue weighted by Gasteiger charge is -2.05. The Kier molecular flexibility index (Phi) is 4.42. The van der Waals surface area contributed by atoms with E-state index in [0.717, 1.165) is 12.3 Å². The number of hydrogen-bond donors (Lipinski definition) is 1. The second kappa shape index (κ2) is 6.44. The number of rotatable bonds is 4. The molecule has 0 saturated heterocycles. The second-order valence-electron chi connectivity index (χ2n) is 4.17. The first-order valence-corrected chi connectivity index (χ1v) is 6.11. The Hall–Kier alpha value is -3.29. The third kappa shape index (κ3) is 3.42. The highest BCUT2D eigenvalue weighted by molar-refractivity contribution is 6.10. The van der Waals surface area contributed by atoms with Crippen molar-refractivity contribution in [3.8, 4) is 5.75 Å². The fourth-order valence-electron chi connectivity index (χ4n) is 1.65. The average molecular weight is 301 g/mol. The van der Waals surface area contributed by atoms with Gasteiger partial charge in [-0.25, -0.2) is 0 Å². The average Bonchev–Trinajstić information content (AvgIpc) is 2.54. The monoisotopic (exact) mass is 301 g/mol. The number of pyridine rings is 1. The predicted octanol–water partition coefficient (Wildman–Crippen LogP) is 1.57. The molecule has 0 aliphatic heterocycles. The molecule has 0 bridgehead atoms. The molecule has 0 fully saturated rings. The highest BCUT2D eigenvalue weighted by Crippen LogP contribution is 2.12. The van der Waals surface area contributed by atoms with Crippen molar-refractivity contribution in [1.82, 2.24) is 10.3 Å². The van der Waals surface area contributed by atoms with Gasteiger partial charge in [0.1, 0.15) is 11.9 Å². The van der Waals surface area contributed by atoms with Crippen LogP contribution in [0, 0.1) is 10.1 Å². The summed E-state index contributed by atoms with van der Waals surface area (Å²) < 4.78 is 4.97. The molecule has 2 amide bonds. The van der Waals surface area contributed by atoms with Gasteiger partial charge in [0, 0.05) is 11.6 Å². The molecule has 1 N–H and O–H groups in total. The van der Waals surface area contributed by atoms with Crippen LogP contribution in [-0.4, -0.2) is 28.8 Å². The summed E-state index contributed by atoms with van der Waals surface area (Å²) in [5.41, 5.74) is 0.237. The van der Waals surface area contributed by atoms with Gasteiger partial charge in [-0.1, -0.05) is 0 Å². The standard InChI is InChI=1S/C14H11N3O5/c1-22-11-4-2-9(3-5-11)13(18)16-14(19)10-6-7-15-12(8-10)17(20)21/h2-8H,1H3,(H,16,18,19). The minimum atomic E-state index is -0.744. The Morgan fingerprint density at radius 2 is 1.77 bits per heavy atom. The molecule has 1 heterocycles. The zero-order valence-corrected chi connectivity index (χ0v) is 11.5. The fourth-order valence-corrected chi connectivity index (χ4v) is 1.65. The van der Waals surface area contributed by atoms with Crippen molar-refractivity contribution < 1.29 is 19.2 Å².